The van der Waals surface area contributed by atoms with Gasteiger partial charge in [0.25, 0.3) is 5.91 Å². The molecule has 6 nitrogen and oxygen atoms in total. The number of nitrogens with zero attached hydrogens (tertiary/aromatic N) is 2. The van der Waals surface area contributed by atoms with Crippen LogP contribution in [-0.4, -0.2) is 71.9 Å². The number of carbonyl (C=O) groups is 2. The molecule has 1 atom stereocenters. The van der Waals surface area contributed by atoms with E-state index >= 15 is 0 Å². The molecule has 2 aliphatic heterocycles. The molecule has 0 spiro atoms. The number of morpholine rings is 1. The number of ether oxygens (including phenoxy) is 1. The van der Waals surface area contributed by atoms with Crippen LogP contribution in [0.15, 0.2) is 0 Å². The monoisotopic (exact) mass is 347 g/mol. The van der Waals surface area contributed by atoms with E-state index in [1.807, 2.05) is 18.7 Å². The van der Waals surface area contributed by atoms with Gasteiger partial charge < -0.3 is 14.6 Å². The topological polar surface area (TPSA) is 65.6 Å². The number of amides is 1. The van der Waals surface area contributed by atoms with Gasteiger partial charge in [-0.15, -0.1) is 0 Å². The molecule has 2 aliphatic rings. The molecule has 2 saturated heterocycles. The van der Waals surface area contributed by atoms with Gasteiger partial charge in [-0.25, -0.2) is 0 Å². The summed E-state index contributed by atoms with van der Waals surface area (Å²) in [7, 11) is 0. The van der Waals surface area contributed by atoms with Crippen LogP contribution >= 0.6 is 0 Å². The summed E-state index contributed by atoms with van der Waals surface area (Å²) in [6, 6.07) is 0.244. The first kappa shape index (κ1) is 18.1. The van der Waals surface area contributed by atoms with Crippen molar-refractivity contribution < 1.29 is 14.3 Å². The number of nitrogens with one attached hydrogen (secondary N) is 1. The molecule has 2 fully saturated rings. The van der Waals surface area contributed by atoms with E-state index in [1.165, 1.54) is 13.3 Å². The quantitative estimate of drug-likeness (QED) is 0.848. The Morgan fingerprint density at radius 3 is 2.52 bits per heavy atom. The fraction of sp³-hybridized carbons (Fsp3) is 0.684. The molecule has 6 heteroatoms. The second-order valence-electron chi connectivity index (χ2n) is 7.24. The van der Waals surface area contributed by atoms with Crippen molar-refractivity contribution in [2.24, 2.45) is 0 Å². The first-order valence-corrected chi connectivity index (χ1v) is 9.30. The number of Topliss-reactive ketones (excluding diaryl/α,β-unsaturated/α-hetero) is 1. The molecule has 1 N–H and O–H groups in total. The highest BCUT2D eigenvalue weighted by Crippen LogP contribution is 2.25. The average molecular weight is 347 g/mol. The lowest BCUT2D eigenvalue weighted by atomic mass is 9.98. The number of hydrogen-bond donors (Lipinski definition) is 1. The summed E-state index contributed by atoms with van der Waals surface area (Å²) in [6.45, 7) is 10.4. The van der Waals surface area contributed by atoms with Crippen LogP contribution in [0.5, 0.6) is 0 Å². The third-order valence-electron chi connectivity index (χ3n) is 5.46. The number of carbonyl (C=O) groups excluding carboxylic acids is 2. The SMILES string of the molecule is CC(=O)c1[nH]c(C)c(C(=O)N2CCCC[C@@H]2CN2CCOCC2)c1C. The number of piperidine rings is 1. The Morgan fingerprint density at radius 2 is 1.88 bits per heavy atom. The Kier molecular flexibility index (Phi) is 5.59. The standard InChI is InChI=1S/C19H29N3O3/c1-13-17(14(2)20-18(13)15(3)23)19(24)22-7-5-4-6-16(22)12-21-8-10-25-11-9-21/h16,20H,4-12H2,1-3H3/t16-/m1/s1. The molecule has 0 aliphatic carbocycles. The molecule has 0 unspecified atom stereocenters. The zero-order valence-corrected chi connectivity index (χ0v) is 15.6. The van der Waals surface area contributed by atoms with E-state index in [0.717, 1.165) is 63.5 Å². The minimum absolute atomic E-state index is 0.0249. The van der Waals surface area contributed by atoms with Crippen molar-refractivity contribution in [3.8, 4) is 0 Å². The molecule has 0 saturated carbocycles. The normalized spacial score (nSPS) is 22.2. The lowest BCUT2D eigenvalue weighted by molar-refractivity contribution is 0.0166. The maximum absolute atomic E-state index is 13.3. The fourth-order valence-corrected chi connectivity index (χ4v) is 4.11. The number of aromatic nitrogens is 1. The lowest BCUT2D eigenvalue weighted by Crippen LogP contribution is -2.51. The van der Waals surface area contributed by atoms with Crippen molar-refractivity contribution in [1.29, 1.82) is 0 Å². The number of likely N-dealkylation sites (tertiary alicyclic amines) is 1. The summed E-state index contributed by atoms with van der Waals surface area (Å²) < 4.78 is 5.43. The van der Waals surface area contributed by atoms with Crippen LogP contribution in [0.3, 0.4) is 0 Å². The molecule has 138 valence electrons. The number of aryl methyl sites for hydroxylation is 1. The van der Waals surface area contributed by atoms with Gasteiger partial charge in [-0.1, -0.05) is 0 Å². The predicted molar refractivity (Wildman–Crippen MR) is 96.2 cm³/mol. The van der Waals surface area contributed by atoms with E-state index in [1.54, 1.807) is 0 Å². The number of aromatic amines is 1. The van der Waals surface area contributed by atoms with Crippen LogP contribution in [0.2, 0.25) is 0 Å². The largest absolute Gasteiger partial charge is 0.379 e. The molecule has 25 heavy (non-hydrogen) atoms. The van der Waals surface area contributed by atoms with Crippen LogP contribution in [0.25, 0.3) is 0 Å². The first-order valence-electron chi connectivity index (χ1n) is 9.30. The second-order valence-corrected chi connectivity index (χ2v) is 7.24. The van der Waals surface area contributed by atoms with Gasteiger partial charge in [0.2, 0.25) is 0 Å². The van der Waals surface area contributed by atoms with Crippen molar-refractivity contribution in [1.82, 2.24) is 14.8 Å². The second kappa shape index (κ2) is 7.70. The number of ketones is 1. The number of hydrogen-bond acceptors (Lipinski definition) is 4. The molecule has 0 aromatic carbocycles. The predicted octanol–water partition coefficient (Wildman–Crippen LogP) is 2.16. The van der Waals surface area contributed by atoms with Gasteiger partial charge in [0.05, 0.1) is 24.5 Å². The van der Waals surface area contributed by atoms with Gasteiger partial charge >= 0.3 is 0 Å². The van der Waals surface area contributed by atoms with Gasteiger partial charge in [0.1, 0.15) is 0 Å². The number of rotatable bonds is 4. The highest BCUT2D eigenvalue weighted by molar-refractivity contribution is 6.02. The van der Waals surface area contributed by atoms with E-state index in [9.17, 15) is 9.59 Å². The number of H-pyrrole nitrogens is 1. The van der Waals surface area contributed by atoms with Crippen LogP contribution in [-0.2, 0) is 4.74 Å². The average Bonchev–Trinajstić information content (AvgIpc) is 2.90. The van der Waals surface area contributed by atoms with Crippen molar-refractivity contribution in [2.75, 3.05) is 39.4 Å². The Bertz CT molecular complexity index is 647. The Hall–Kier alpha value is -1.66. The maximum Gasteiger partial charge on any atom is 0.256 e. The van der Waals surface area contributed by atoms with Crippen molar-refractivity contribution >= 4 is 11.7 Å². The molecule has 3 heterocycles. The molecular weight excluding hydrogens is 318 g/mol. The van der Waals surface area contributed by atoms with Gasteiger partial charge in [-0.3, -0.25) is 14.5 Å². The van der Waals surface area contributed by atoms with Crippen LogP contribution in [0.4, 0.5) is 0 Å². The lowest BCUT2D eigenvalue weighted by Gasteiger charge is -2.39. The van der Waals surface area contributed by atoms with Crippen LogP contribution in [0.1, 0.15) is 58.3 Å². The maximum atomic E-state index is 13.3. The van der Waals surface area contributed by atoms with Crippen molar-refractivity contribution in [3.05, 3.63) is 22.5 Å². The van der Waals surface area contributed by atoms with Crippen LogP contribution < -0.4 is 0 Å². The van der Waals surface area contributed by atoms with Gasteiger partial charge in [0.15, 0.2) is 5.78 Å². The molecule has 3 rings (SSSR count). The third kappa shape index (κ3) is 3.80. The Labute approximate surface area is 149 Å². The summed E-state index contributed by atoms with van der Waals surface area (Å²) >= 11 is 0. The molecular formula is C19H29N3O3. The summed E-state index contributed by atoms with van der Waals surface area (Å²) in [6.07, 6.45) is 3.27. The molecule has 0 bridgehead atoms. The highest BCUT2D eigenvalue weighted by Gasteiger charge is 2.32. The van der Waals surface area contributed by atoms with Gasteiger partial charge in [-0.05, 0) is 38.7 Å². The van der Waals surface area contributed by atoms with E-state index in [-0.39, 0.29) is 17.7 Å². The third-order valence-corrected chi connectivity index (χ3v) is 5.46. The van der Waals surface area contributed by atoms with E-state index in [0.29, 0.717) is 11.3 Å². The zero-order chi connectivity index (χ0) is 18.0. The van der Waals surface area contributed by atoms with Crippen LogP contribution in [0, 0.1) is 13.8 Å². The molecule has 1 aromatic heterocycles. The fourth-order valence-electron chi connectivity index (χ4n) is 4.11. The van der Waals surface area contributed by atoms with E-state index in [4.69, 9.17) is 4.74 Å². The van der Waals surface area contributed by atoms with Gasteiger partial charge in [0, 0.05) is 44.8 Å². The highest BCUT2D eigenvalue weighted by atomic mass is 16.5. The molecule has 1 amide bonds. The zero-order valence-electron chi connectivity index (χ0n) is 15.6. The smallest absolute Gasteiger partial charge is 0.256 e. The summed E-state index contributed by atoms with van der Waals surface area (Å²) in [4.78, 5) is 32.6. The van der Waals surface area contributed by atoms with E-state index < -0.39 is 0 Å². The minimum atomic E-state index is -0.0249. The summed E-state index contributed by atoms with van der Waals surface area (Å²) in [5.74, 6) is 0.0415. The summed E-state index contributed by atoms with van der Waals surface area (Å²) in [5, 5.41) is 0. The molecule has 1 aromatic rings. The summed E-state index contributed by atoms with van der Waals surface area (Å²) in [5.41, 5.74) is 2.82. The van der Waals surface area contributed by atoms with Crippen molar-refractivity contribution in [3.63, 3.8) is 0 Å². The minimum Gasteiger partial charge on any atom is -0.379 e. The first-order chi connectivity index (χ1) is 12.0. The molecule has 0 radical (unpaired) electrons. The van der Waals surface area contributed by atoms with E-state index in [2.05, 4.69) is 9.88 Å². The Morgan fingerprint density at radius 1 is 1.16 bits per heavy atom. The van der Waals surface area contributed by atoms with Crippen molar-refractivity contribution in [2.45, 2.75) is 46.1 Å². The van der Waals surface area contributed by atoms with Gasteiger partial charge in [-0.2, -0.15) is 0 Å². The Balaban J connectivity index is 1.80.